The average molecular weight is 369 g/mol. The van der Waals surface area contributed by atoms with Gasteiger partial charge >= 0.3 is 6.09 Å². The second-order valence-corrected chi connectivity index (χ2v) is 7.79. The Hall–Kier alpha value is -2.69. The zero-order chi connectivity index (χ0) is 19.4. The minimum atomic E-state index is -0.438. The molecule has 1 N–H and O–H groups in total. The van der Waals surface area contributed by atoms with Crippen LogP contribution in [-0.2, 0) is 23.1 Å². The van der Waals surface area contributed by atoms with E-state index in [0.717, 1.165) is 28.2 Å². The van der Waals surface area contributed by atoms with Gasteiger partial charge in [0.1, 0.15) is 24.2 Å². The number of hydrogen-bond acceptors (Lipinski definition) is 4. The summed E-state index contributed by atoms with van der Waals surface area (Å²) in [6.07, 6.45) is 0.0735. The van der Waals surface area contributed by atoms with Gasteiger partial charge < -0.3 is 19.5 Å². The van der Waals surface area contributed by atoms with E-state index in [1.54, 1.807) is 7.11 Å². The summed E-state index contributed by atoms with van der Waals surface area (Å²) in [5.74, 6) is 1.71. The molecule has 2 aromatic carbocycles. The molecule has 1 amide bonds. The number of methoxy groups -OCH3 is 1. The lowest BCUT2D eigenvalue weighted by atomic mass is 9.85. The molecule has 5 heteroatoms. The Balaban J connectivity index is 1.57. The van der Waals surface area contributed by atoms with Crippen molar-refractivity contribution in [3.05, 3.63) is 59.2 Å². The third-order valence-electron chi connectivity index (χ3n) is 4.60. The van der Waals surface area contributed by atoms with Crippen molar-refractivity contribution < 1.29 is 19.0 Å². The molecule has 1 aliphatic heterocycles. The van der Waals surface area contributed by atoms with Crippen LogP contribution in [0.2, 0.25) is 0 Å². The molecule has 0 spiro atoms. The van der Waals surface area contributed by atoms with E-state index < -0.39 is 6.09 Å². The molecule has 0 bridgehead atoms. The first-order valence-corrected chi connectivity index (χ1v) is 9.19. The van der Waals surface area contributed by atoms with Gasteiger partial charge in [-0.1, -0.05) is 51.1 Å². The van der Waals surface area contributed by atoms with Gasteiger partial charge in [-0.3, -0.25) is 0 Å². The highest BCUT2D eigenvalue weighted by molar-refractivity contribution is 5.67. The molecule has 1 aliphatic rings. The summed E-state index contributed by atoms with van der Waals surface area (Å²) in [6.45, 7) is 7.09. The van der Waals surface area contributed by atoms with Crippen molar-refractivity contribution in [1.82, 2.24) is 5.32 Å². The van der Waals surface area contributed by atoms with Crippen molar-refractivity contribution in [1.29, 1.82) is 0 Å². The molecule has 1 heterocycles. The van der Waals surface area contributed by atoms with Crippen molar-refractivity contribution in [3.63, 3.8) is 0 Å². The van der Waals surface area contributed by atoms with E-state index >= 15 is 0 Å². The number of carbonyl (C=O) groups is 1. The van der Waals surface area contributed by atoms with Gasteiger partial charge in [-0.2, -0.15) is 0 Å². The summed E-state index contributed by atoms with van der Waals surface area (Å²) in [4.78, 5) is 12.0. The van der Waals surface area contributed by atoms with Crippen LogP contribution in [0, 0.1) is 0 Å². The fourth-order valence-corrected chi connectivity index (χ4v) is 3.16. The fraction of sp³-hybridized carbons (Fsp3) is 0.409. The molecule has 1 unspecified atom stereocenters. The normalized spacial score (nSPS) is 15.6. The Morgan fingerprint density at radius 3 is 2.63 bits per heavy atom. The van der Waals surface area contributed by atoms with Crippen molar-refractivity contribution >= 4 is 6.09 Å². The predicted octanol–water partition coefficient (Wildman–Crippen LogP) is 4.22. The third-order valence-corrected chi connectivity index (χ3v) is 4.60. The number of nitrogens with one attached hydrogen (secondary N) is 1. The van der Waals surface area contributed by atoms with Crippen molar-refractivity contribution in [2.45, 2.75) is 45.3 Å². The first kappa shape index (κ1) is 19.1. The number of ether oxygens (including phenoxy) is 3. The minimum Gasteiger partial charge on any atom is -0.497 e. The Morgan fingerprint density at radius 1 is 1.22 bits per heavy atom. The zero-order valence-electron chi connectivity index (χ0n) is 16.4. The molecule has 144 valence electrons. The summed E-state index contributed by atoms with van der Waals surface area (Å²) in [7, 11) is 1.67. The maximum atomic E-state index is 12.0. The Labute approximate surface area is 160 Å². The maximum Gasteiger partial charge on any atom is 0.407 e. The number of fused-ring (bicyclic) bond motifs is 1. The molecule has 27 heavy (non-hydrogen) atoms. The quantitative estimate of drug-likeness (QED) is 0.857. The van der Waals surface area contributed by atoms with Crippen LogP contribution in [0.15, 0.2) is 42.5 Å². The van der Waals surface area contributed by atoms with Crippen LogP contribution in [0.3, 0.4) is 0 Å². The topological polar surface area (TPSA) is 56.8 Å². The van der Waals surface area contributed by atoms with Crippen LogP contribution in [0.4, 0.5) is 4.79 Å². The summed E-state index contributed by atoms with van der Waals surface area (Å²) in [5, 5.41) is 2.76. The monoisotopic (exact) mass is 369 g/mol. The lowest BCUT2D eigenvalue weighted by Gasteiger charge is -2.23. The SMILES string of the molecule is COc1cc2c(c(C(C)(C)C)c1)OC(COC(=O)NCc1ccccc1)C2. The predicted molar refractivity (Wildman–Crippen MR) is 104 cm³/mol. The molecule has 0 radical (unpaired) electrons. The number of benzene rings is 2. The van der Waals surface area contributed by atoms with Crippen LogP contribution in [-0.4, -0.2) is 25.9 Å². The van der Waals surface area contributed by atoms with Crippen LogP contribution in [0.5, 0.6) is 11.5 Å². The number of hydrogen-bond donors (Lipinski definition) is 1. The average Bonchev–Trinajstić information content (AvgIpc) is 3.06. The number of alkyl carbamates (subject to hydrolysis) is 1. The number of rotatable bonds is 5. The van der Waals surface area contributed by atoms with E-state index in [2.05, 4.69) is 26.1 Å². The molecule has 0 saturated carbocycles. The highest BCUT2D eigenvalue weighted by Crippen LogP contribution is 2.41. The van der Waals surface area contributed by atoms with Gasteiger partial charge in [0.15, 0.2) is 0 Å². The first-order valence-electron chi connectivity index (χ1n) is 9.19. The molecule has 0 aliphatic carbocycles. The molecular formula is C22H27NO4. The van der Waals surface area contributed by atoms with Gasteiger partial charge in [-0.15, -0.1) is 0 Å². The van der Waals surface area contributed by atoms with Gasteiger partial charge in [0.05, 0.1) is 7.11 Å². The van der Waals surface area contributed by atoms with E-state index in [4.69, 9.17) is 14.2 Å². The Kier molecular flexibility index (Phi) is 5.59. The largest absolute Gasteiger partial charge is 0.497 e. The molecule has 0 aromatic heterocycles. The first-order chi connectivity index (χ1) is 12.9. The second-order valence-electron chi connectivity index (χ2n) is 7.79. The van der Waals surface area contributed by atoms with Crippen LogP contribution in [0.1, 0.15) is 37.5 Å². The van der Waals surface area contributed by atoms with Crippen LogP contribution < -0.4 is 14.8 Å². The van der Waals surface area contributed by atoms with Gasteiger partial charge in [0, 0.05) is 24.1 Å². The lowest BCUT2D eigenvalue weighted by molar-refractivity contribution is 0.0915. The van der Waals surface area contributed by atoms with E-state index in [1.165, 1.54) is 0 Å². The third kappa shape index (κ3) is 4.73. The summed E-state index contributed by atoms with van der Waals surface area (Å²) in [5.41, 5.74) is 3.16. The second kappa shape index (κ2) is 7.91. The fourth-order valence-electron chi connectivity index (χ4n) is 3.16. The van der Waals surface area contributed by atoms with E-state index in [9.17, 15) is 4.79 Å². The summed E-state index contributed by atoms with van der Waals surface area (Å²) >= 11 is 0. The smallest absolute Gasteiger partial charge is 0.407 e. The Morgan fingerprint density at radius 2 is 1.96 bits per heavy atom. The van der Waals surface area contributed by atoms with Gasteiger partial charge in [-0.05, 0) is 23.1 Å². The zero-order valence-corrected chi connectivity index (χ0v) is 16.4. The lowest BCUT2D eigenvalue weighted by Crippen LogP contribution is -2.29. The summed E-state index contributed by atoms with van der Waals surface area (Å²) < 4.78 is 16.9. The molecule has 5 nitrogen and oxygen atoms in total. The number of amides is 1. The van der Waals surface area contributed by atoms with Gasteiger partial charge in [-0.25, -0.2) is 4.79 Å². The van der Waals surface area contributed by atoms with Crippen molar-refractivity contribution in [2.24, 2.45) is 0 Å². The van der Waals surface area contributed by atoms with E-state index in [0.29, 0.717) is 13.0 Å². The van der Waals surface area contributed by atoms with E-state index in [1.807, 2.05) is 42.5 Å². The minimum absolute atomic E-state index is 0.0680. The van der Waals surface area contributed by atoms with E-state index in [-0.39, 0.29) is 18.1 Å². The molecule has 0 fully saturated rings. The highest BCUT2D eigenvalue weighted by atomic mass is 16.6. The van der Waals surface area contributed by atoms with Crippen molar-refractivity contribution in [3.8, 4) is 11.5 Å². The van der Waals surface area contributed by atoms with Crippen molar-refractivity contribution in [2.75, 3.05) is 13.7 Å². The molecule has 2 aromatic rings. The molecule has 3 rings (SSSR count). The molecular weight excluding hydrogens is 342 g/mol. The molecule has 0 saturated heterocycles. The highest BCUT2D eigenvalue weighted by Gasteiger charge is 2.31. The standard InChI is InChI=1S/C22H27NO4/c1-22(2,3)19-12-17(25-4)10-16-11-18(27-20(16)19)14-26-21(24)23-13-15-8-6-5-7-9-15/h5-10,12,18H,11,13-14H2,1-4H3,(H,23,24). The molecule has 1 atom stereocenters. The van der Waals surface area contributed by atoms with Crippen LogP contribution >= 0.6 is 0 Å². The maximum absolute atomic E-state index is 12.0. The summed E-state index contributed by atoms with van der Waals surface area (Å²) in [6, 6.07) is 13.8. The van der Waals surface area contributed by atoms with Gasteiger partial charge in [0.25, 0.3) is 0 Å². The van der Waals surface area contributed by atoms with Crippen LogP contribution in [0.25, 0.3) is 0 Å². The number of carbonyl (C=O) groups excluding carboxylic acids is 1. The van der Waals surface area contributed by atoms with Gasteiger partial charge in [0.2, 0.25) is 0 Å². The Bertz CT molecular complexity index is 796.